The summed E-state index contributed by atoms with van der Waals surface area (Å²) in [5, 5.41) is 0. The van der Waals surface area contributed by atoms with E-state index in [2.05, 4.69) is 56.0 Å². The van der Waals surface area contributed by atoms with Crippen molar-refractivity contribution in [1.29, 1.82) is 0 Å². The van der Waals surface area contributed by atoms with E-state index in [1.165, 1.54) is 23.1 Å². The van der Waals surface area contributed by atoms with Crippen LogP contribution in [0.25, 0.3) is 17.2 Å². The SMILES string of the molecule is C=Cc1cc(OCC2CCC(C=O)CC2)ccc1-c1ccc(CCC)cc1.CC.CC. The molecule has 3 rings (SSSR count). The Morgan fingerprint density at radius 1 is 0.968 bits per heavy atom. The minimum absolute atomic E-state index is 0.261. The number of ether oxygens (including phenoxy) is 1. The van der Waals surface area contributed by atoms with Crippen molar-refractivity contribution in [3.05, 3.63) is 60.2 Å². The molecule has 0 N–H and O–H groups in total. The van der Waals surface area contributed by atoms with Gasteiger partial charge in [0.15, 0.2) is 0 Å². The van der Waals surface area contributed by atoms with Gasteiger partial charge in [0.05, 0.1) is 6.61 Å². The molecular weight excluding hydrogens is 380 g/mol. The Kier molecular flexibility index (Phi) is 13.3. The quantitative estimate of drug-likeness (QED) is 0.399. The smallest absolute Gasteiger partial charge is 0.123 e. The molecule has 2 aromatic rings. The molecule has 0 saturated heterocycles. The maximum atomic E-state index is 10.9. The second kappa shape index (κ2) is 15.5. The van der Waals surface area contributed by atoms with Crippen LogP contribution in [0.4, 0.5) is 0 Å². The minimum atomic E-state index is 0.261. The van der Waals surface area contributed by atoms with Gasteiger partial charge >= 0.3 is 0 Å². The zero-order valence-electron chi connectivity index (χ0n) is 20.3. The van der Waals surface area contributed by atoms with Crippen LogP contribution >= 0.6 is 0 Å². The number of hydrogen-bond acceptors (Lipinski definition) is 2. The van der Waals surface area contributed by atoms with Crippen LogP contribution in [-0.4, -0.2) is 12.9 Å². The molecule has 1 fully saturated rings. The summed E-state index contributed by atoms with van der Waals surface area (Å²) in [7, 11) is 0. The van der Waals surface area contributed by atoms with E-state index in [0.717, 1.165) is 56.3 Å². The average molecular weight is 423 g/mol. The maximum Gasteiger partial charge on any atom is 0.123 e. The predicted molar refractivity (Wildman–Crippen MR) is 136 cm³/mol. The molecule has 1 saturated carbocycles. The maximum absolute atomic E-state index is 10.9. The van der Waals surface area contributed by atoms with Crippen molar-refractivity contribution in [2.75, 3.05) is 6.61 Å². The molecule has 0 atom stereocenters. The number of aryl methyl sites for hydroxylation is 1. The van der Waals surface area contributed by atoms with Gasteiger partial charge < -0.3 is 9.53 Å². The van der Waals surface area contributed by atoms with Gasteiger partial charge in [-0.25, -0.2) is 0 Å². The molecule has 1 aliphatic rings. The standard InChI is InChI=1S/C25H30O2.2C2H6/c1-3-5-19-10-12-23(13-11-19)25-15-14-24(16-22(25)4-2)27-18-21-8-6-20(17-26)7-9-21;2*1-2/h4,10-17,20-21H,2-3,5-9,18H2,1H3;2*1-2H3. The van der Waals surface area contributed by atoms with Crippen molar-refractivity contribution < 1.29 is 9.53 Å². The first-order chi connectivity index (χ1) is 15.2. The highest BCUT2D eigenvalue weighted by atomic mass is 16.5. The molecule has 0 aliphatic heterocycles. The van der Waals surface area contributed by atoms with Crippen LogP contribution in [0.15, 0.2) is 49.0 Å². The summed E-state index contributed by atoms with van der Waals surface area (Å²) >= 11 is 0. The summed E-state index contributed by atoms with van der Waals surface area (Å²) in [5.74, 6) is 1.71. The van der Waals surface area contributed by atoms with Gasteiger partial charge in [-0.3, -0.25) is 0 Å². The Morgan fingerprint density at radius 3 is 2.16 bits per heavy atom. The molecule has 0 spiro atoms. The van der Waals surface area contributed by atoms with Crippen molar-refractivity contribution in [3.63, 3.8) is 0 Å². The molecule has 2 aromatic carbocycles. The van der Waals surface area contributed by atoms with E-state index in [9.17, 15) is 4.79 Å². The fourth-order valence-corrected chi connectivity index (χ4v) is 3.91. The van der Waals surface area contributed by atoms with Crippen LogP contribution in [0.2, 0.25) is 0 Å². The van der Waals surface area contributed by atoms with Gasteiger partial charge in [0.1, 0.15) is 12.0 Å². The van der Waals surface area contributed by atoms with Crippen molar-refractivity contribution in [2.24, 2.45) is 11.8 Å². The highest BCUT2D eigenvalue weighted by Gasteiger charge is 2.21. The highest BCUT2D eigenvalue weighted by Crippen LogP contribution is 2.31. The number of aldehydes is 1. The zero-order chi connectivity index (χ0) is 23.1. The summed E-state index contributed by atoms with van der Waals surface area (Å²) in [6.45, 7) is 14.9. The molecule has 31 heavy (non-hydrogen) atoms. The van der Waals surface area contributed by atoms with Crippen LogP contribution in [0.5, 0.6) is 5.75 Å². The zero-order valence-corrected chi connectivity index (χ0v) is 20.3. The van der Waals surface area contributed by atoms with Crippen LogP contribution in [0.3, 0.4) is 0 Å². The largest absolute Gasteiger partial charge is 0.493 e. The molecule has 0 radical (unpaired) electrons. The van der Waals surface area contributed by atoms with E-state index < -0.39 is 0 Å². The van der Waals surface area contributed by atoms with Crippen molar-refractivity contribution in [2.45, 2.75) is 73.1 Å². The third-order valence-corrected chi connectivity index (χ3v) is 5.62. The van der Waals surface area contributed by atoms with Crippen molar-refractivity contribution in [3.8, 4) is 16.9 Å². The summed E-state index contributed by atoms with van der Waals surface area (Å²) in [6, 6.07) is 15.1. The molecule has 0 aromatic heterocycles. The van der Waals surface area contributed by atoms with Gasteiger partial charge in [-0.1, -0.05) is 84.0 Å². The van der Waals surface area contributed by atoms with Gasteiger partial charge in [0, 0.05) is 5.92 Å². The van der Waals surface area contributed by atoms with Crippen LogP contribution in [0, 0.1) is 11.8 Å². The molecule has 1 aliphatic carbocycles. The first-order valence-electron chi connectivity index (χ1n) is 12.2. The van der Waals surface area contributed by atoms with E-state index in [-0.39, 0.29) is 5.92 Å². The second-order valence-electron chi connectivity index (χ2n) is 7.63. The van der Waals surface area contributed by atoms with Gasteiger partial charge in [-0.15, -0.1) is 0 Å². The van der Waals surface area contributed by atoms with Gasteiger partial charge in [-0.05, 0) is 72.4 Å². The molecular formula is C29H42O2. The van der Waals surface area contributed by atoms with Crippen LogP contribution in [0.1, 0.15) is 77.8 Å². The lowest BCUT2D eigenvalue weighted by atomic mass is 9.83. The molecule has 0 amide bonds. The fraction of sp³-hybridized carbons (Fsp3) is 0.483. The molecule has 170 valence electrons. The normalized spacial score (nSPS) is 17.3. The van der Waals surface area contributed by atoms with E-state index >= 15 is 0 Å². The minimum Gasteiger partial charge on any atom is -0.493 e. The molecule has 2 heteroatoms. The van der Waals surface area contributed by atoms with E-state index in [4.69, 9.17) is 4.74 Å². The van der Waals surface area contributed by atoms with Gasteiger partial charge in [-0.2, -0.15) is 0 Å². The average Bonchev–Trinajstić information content (AvgIpc) is 2.86. The lowest BCUT2D eigenvalue weighted by Gasteiger charge is -2.25. The van der Waals surface area contributed by atoms with E-state index in [1.54, 1.807) is 0 Å². The third kappa shape index (κ3) is 8.36. The Bertz CT molecular complexity index is 753. The Hall–Kier alpha value is -2.35. The lowest BCUT2D eigenvalue weighted by Crippen LogP contribution is -2.20. The topological polar surface area (TPSA) is 26.3 Å². The first-order valence-corrected chi connectivity index (χ1v) is 12.2. The summed E-state index contributed by atoms with van der Waals surface area (Å²) in [5.41, 5.74) is 4.88. The van der Waals surface area contributed by atoms with Crippen LogP contribution in [-0.2, 0) is 11.2 Å². The van der Waals surface area contributed by atoms with E-state index in [0.29, 0.717) is 5.92 Å². The fourth-order valence-electron chi connectivity index (χ4n) is 3.91. The predicted octanol–water partition coefficient (Wildman–Crippen LogP) is 8.39. The number of benzene rings is 2. The third-order valence-electron chi connectivity index (χ3n) is 5.62. The number of carbonyl (C=O) groups excluding carboxylic acids is 1. The second-order valence-corrected chi connectivity index (χ2v) is 7.63. The Labute approximate surface area is 190 Å². The lowest BCUT2D eigenvalue weighted by molar-refractivity contribution is -0.112. The first kappa shape index (κ1) is 26.7. The molecule has 2 nitrogen and oxygen atoms in total. The van der Waals surface area contributed by atoms with Gasteiger partial charge in [0.25, 0.3) is 0 Å². The monoisotopic (exact) mass is 422 g/mol. The van der Waals surface area contributed by atoms with E-state index in [1.807, 2.05) is 33.8 Å². The Balaban J connectivity index is 0.00000113. The molecule has 0 heterocycles. The van der Waals surface area contributed by atoms with Gasteiger partial charge in [0.2, 0.25) is 0 Å². The Morgan fingerprint density at radius 2 is 1.61 bits per heavy atom. The summed E-state index contributed by atoms with van der Waals surface area (Å²) in [4.78, 5) is 10.9. The summed E-state index contributed by atoms with van der Waals surface area (Å²) in [6.07, 6.45) is 9.47. The highest BCUT2D eigenvalue weighted by molar-refractivity contribution is 5.75. The number of hydrogen-bond donors (Lipinski definition) is 0. The summed E-state index contributed by atoms with van der Waals surface area (Å²) < 4.78 is 6.06. The van der Waals surface area contributed by atoms with Crippen molar-refractivity contribution >= 4 is 12.4 Å². The molecule has 0 unspecified atom stereocenters. The van der Waals surface area contributed by atoms with Crippen molar-refractivity contribution in [1.82, 2.24) is 0 Å². The molecule has 0 bridgehead atoms. The number of carbonyl (C=O) groups is 1. The number of rotatable bonds is 8. The van der Waals surface area contributed by atoms with Crippen LogP contribution < -0.4 is 4.74 Å².